The third-order valence-corrected chi connectivity index (χ3v) is 5.46. The van der Waals surface area contributed by atoms with Gasteiger partial charge in [-0.15, -0.1) is 0 Å². The molecule has 1 aromatic carbocycles. The van der Waals surface area contributed by atoms with Gasteiger partial charge in [0, 0.05) is 18.6 Å². The van der Waals surface area contributed by atoms with Crippen LogP contribution in [0.2, 0.25) is 0 Å². The number of nitrogens with one attached hydrogen (secondary N) is 1. The zero-order valence-electron chi connectivity index (χ0n) is 11.3. The molecule has 2 aliphatic rings. The second kappa shape index (κ2) is 4.97. The molecule has 20 heavy (non-hydrogen) atoms. The number of anilines is 1. The van der Waals surface area contributed by atoms with Crippen molar-refractivity contribution in [2.24, 2.45) is 0 Å². The maximum atomic E-state index is 13.2. The van der Waals surface area contributed by atoms with Crippen LogP contribution in [0.5, 0.6) is 0 Å². The second-order valence-electron chi connectivity index (χ2n) is 5.77. The summed E-state index contributed by atoms with van der Waals surface area (Å²) in [5, 5.41) is 4.53. The minimum absolute atomic E-state index is 0.188. The van der Waals surface area contributed by atoms with Crippen LogP contribution in [-0.4, -0.2) is 35.1 Å². The van der Waals surface area contributed by atoms with Gasteiger partial charge in [-0.25, -0.2) is 9.37 Å². The van der Waals surface area contributed by atoms with Crippen LogP contribution in [0.15, 0.2) is 18.2 Å². The number of hydrogen-bond acceptors (Lipinski definition) is 4. The Balaban J connectivity index is 1.55. The van der Waals surface area contributed by atoms with Crippen molar-refractivity contribution < 1.29 is 4.39 Å². The third kappa shape index (κ3) is 2.19. The fourth-order valence-electron chi connectivity index (χ4n) is 3.53. The summed E-state index contributed by atoms with van der Waals surface area (Å²) in [6.07, 6.45) is 5.15. The minimum Gasteiger partial charge on any atom is -0.357 e. The molecule has 5 heteroatoms. The van der Waals surface area contributed by atoms with E-state index >= 15 is 0 Å². The van der Waals surface area contributed by atoms with Crippen molar-refractivity contribution in [1.82, 2.24) is 9.88 Å². The van der Waals surface area contributed by atoms with Gasteiger partial charge in [0.15, 0.2) is 5.13 Å². The molecule has 2 atom stereocenters. The molecule has 0 bridgehead atoms. The maximum absolute atomic E-state index is 13.2. The number of rotatable bonds is 2. The van der Waals surface area contributed by atoms with Crippen molar-refractivity contribution >= 4 is 26.7 Å². The summed E-state index contributed by atoms with van der Waals surface area (Å²) < 4.78 is 14.1. The van der Waals surface area contributed by atoms with Gasteiger partial charge in [0.1, 0.15) is 5.82 Å². The van der Waals surface area contributed by atoms with E-state index in [0.29, 0.717) is 12.1 Å². The van der Waals surface area contributed by atoms with Crippen molar-refractivity contribution in [3.05, 3.63) is 24.0 Å². The lowest BCUT2D eigenvalue weighted by molar-refractivity contribution is 0.193. The smallest absolute Gasteiger partial charge is 0.184 e. The molecule has 0 radical (unpaired) electrons. The van der Waals surface area contributed by atoms with Gasteiger partial charge >= 0.3 is 0 Å². The Morgan fingerprint density at radius 3 is 3.15 bits per heavy atom. The number of piperidine rings is 1. The molecule has 0 aliphatic carbocycles. The Bertz CT molecular complexity index is 627. The number of aromatic nitrogens is 1. The van der Waals surface area contributed by atoms with Gasteiger partial charge in [-0.05, 0) is 44.0 Å². The summed E-state index contributed by atoms with van der Waals surface area (Å²) >= 11 is 1.56. The van der Waals surface area contributed by atoms with E-state index in [-0.39, 0.29) is 5.82 Å². The van der Waals surface area contributed by atoms with Crippen LogP contribution in [0.4, 0.5) is 9.52 Å². The van der Waals surface area contributed by atoms with Gasteiger partial charge in [-0.1, -0.05) is 17.8 Å². The van der Waals surface area contributed by atoms with Crippen LogP contribution in [0.3, 0.4) is 0 Å². The minimum atomic E-state index is -0.188. The van der Waals surface area contributed by atoms with Gasteiger partial charge in [0.25, 0.3) is 0 Å². The standard InChI is InChI=1S/C15H18FN3S/c16-10-4-5-12-14(9-10)20-15(18-12)17-11-6-8-19-7-2-1-3-13(11)19/h4-5,9,11,13H,1-3,6-8H2,(H,17,18). The van der Waals surface area contributed by atoms with Crippen LogP contribution >= 0.6 is 11.3 Å². The van der Waals surface area contributed by atoms with Gasteiger partial charge in [-0.2, -0.15) is 0 Å². The fraction of sp³-hybridized carbons (Fsp3) is 0.533. The van der Waals surface area contributed by atoms with Crippen molar-refractivity contribution in [3.8, 4) is 0 Å². The lowest BCUT2D eigenvalue weighted by atomic mass is 9.99. The van der Waals surface area contributed by atoms with Gasteiger partial charge in [-0.3, -0.25) is 4.90 Å². The molecule has 0 amide bonds. The lowest BCUT2D eigenvalue weighted by Crippen LogP contribution is -2.41. The number of nitrogens with zero attached hydrogens (tertiary/aromatic N) is 2. The van der Waals surface area contributed by atoms with E-state index in [1.54, 1.807) is 23.5 Å². The quantitative estimate of drug-likeness (QED) is 0.918. The van der Waals surface area contributed by atoms with Crippen LogP contribution in [0.1, 0.15) is 25.7 Å². The van der Waals surface area contributed by atoms with E-state index in [0.717, 1.165) is 15.3 Å². The summed E-state index contributed by atoms with van der Waals surface area (Å²) in [6.45, 7) is 2.44. The van der Waals surface area contributed by atoms with Crippen molar-refractivity contribution in [1.29, 1.82) is 0 Å². The molecule has 2 fully saturated rings. The fourth-order valence-corrected chi connectivity index (χ4v) is 4.49. The molecule has 2 aromatic rings. The predicted octanol–water partition coefficient (Wildman–Crippen LogP) is 3.47. The normalized spacial score (nSPS) is 26.9. The molecule has 2 aliphatic heterocycles. The molecule has 0 saturated carbocycles. The summed E-state index contributed by atoms with van der Waals surface area (Å²) in [6, 6.07) is 5.96. The molecule has 3 nitrogen and oxygen atoms in total. The highest BCUT2D eigenvalue weighted by atomic mass is 32.1. The zero-order chi connectivity index (χ0) is 13.5. The molecular formula is C15H18FN3S. The number of benzene rings is 1. The second-order valence-corrected chi connectivity index (χ2v) is 6.80. The highest BCUT2D eigenvalue weighted by Crippen LogP contribution is 2.32. The Morgan fingerprint density at radius 1 is 1.25 bits per heavy atom. The summed E-state index contributed by atoms with van der Waals surface area (Å²) in [7, 11) is 0. The summed E-state index contributed by atoms with van der Waals surface area (Å²) in [4.78, 5) is 7.18. The SMILES string of the molecule is Fc1ccc2nc(NC3CCN4CCCCC34)sc2c1. The van der Waals surface area contributed by atoms with Gasteiger partial charge in [0.05, 0.1) is 10.2 Å². The first-order valence-electron chi connectivity index (χ1n) is 7.36. The lowest BCUT2D eigenvalue weighted by Gasteiger charge is -2.32. The van der Waals surface area contributed by atoms with Crippen LogP contribution in [0.25, 0.3) is 10.2 Å². The van der Waals surface area contributed by atoms with Crippen molar-refractivity contribution in [2.75, 3.05) is 18.4 Å². The third-order valence-electron chi connectivity index (χ3n) is 4.52. The largest absolute Gasteiger partial charge is 0.357 e. The molecule has 2 saturated heterocycles. The zero-order valence-corrected chi connectivity index (χ0v) is 12.1. The van der Waals surface area contributed by atoms with Gasteiger partial charge in [0.2, 0.25) is 0 Å². The van der Waals surface area contributed by atoms with Crippen LogP contribution in [0, 0.1) is 5.82 Å². The first kappa shape index (κ1) is 12.5. The Hall–Kier alpha value is -1.20. The summed E-state index contributed by atoms with van der Waals surface area (Å²) in [5.74, 6) is -0.188. The monoisotopic (exact) mass is 291 g/mol. The molecule has 1 aromatic heterocycles. The predicted molar refractivity (Wildman–Crippen MR) is 80.8 cm³/mol. The Kier molecular flexibility index (Phi) is 3.11. The molecule has 3 heterocycles. The number of halogens is 1. The van der Waals surface area contributed by atoms with Crippen LogP contribution < -0.4 is 5.32 Å². The van der Waals surface area contributed by atoms with E-state index < -0.39 is 0 Å². The molecule has 0 spiro atoms. The number of fused-ring (bicyclic) bond motifs is 2. The Morgan fingerprint density at radius 2 is 2.20 bits per heavy atom. The highest BCUT2D eigenvalue weighted by molar-refractivity contribution is 7.22. The number of hydrogen-bond donors (Lipinski definition) is 1. The van der Waals surface area contributed by atoms with Crippen LogP contribution in [-0.2, 0) is 0 Å². The first-order chi connectivity index (χ1) is 9.79. The van der Waals surface area contributed by atoms with E-state index in [1.807, 2.05) is 0 Å². The molecule has 1 N–H and O–H groups in total. The highest BCUT2D eigenvalue weighted by Gasteiger charge is 2.35. The molecular weight excluding hydrogens is 273 g/mol. The average Bonchev–Trinajstić information content (AvgIpc) is 3.03. The summed E-state index contributed by atoms with van der Waals surface area (Å²) in [5.41, 5.74) is 0.886. The van der Waals surface area contributed by atoms with Crippen molar-refractivity contribution in [3.63, 3.8) is 0 Å². The maximum Gasteiger partial charge on any atom is 0.184 e. The average molecular weight is 291 g/mol. The number of thiazole rings is 1. The topological polar surface area (TPSA) is 28.2 Å². The molecule has 4 rings (SSSR count). The molecule has 106 valence electrons. The van der Waals surface area contributed by atoms with E-state index in [2.05, 4.69) is 15.2 Å². The van der Waals surface area contributed by atoms with E-state index in [4.69, 9.17) is 0 Å². The molecule has 2 unspecified atom stereocenters. The van der Waals surface area contributed by atoms with E-state index in [1.165, 1.54) is 44.8 Å². The first-order valence-corrected chi connectivity index (χ1v) is 8.18. The van der Waals surface area contributed by atoms with E-state index in [9.17, 15) is 4.39 Å². The van der Waals surface area contributed by atoms with Gasteiger partial charge < -0.3 is 5.32 Å². The van der Waals surface area contributed by atoms with Crippen molar-refractivity contribution in [2.45, 2.75) is 37.8 Å². The Labute approximate surface area is 121 Å².